The number of amides is 3. The normalized spacial score (nSPS) is 18.9. The molecule has 3 rings (SSSR count). The molecule has 0 saturated heterocycles. The van der Waals surface area contributed by atoms with E-state index in [2.05, 4.69) is 15.6 Å². The topological polar surface area (TPSA) is 141 Å². The zero-order valence-electron chi connectivity index (χ0n) is 23.7. The van der Waals surface area contributed by atoms with Gasteiger partial charge in [-0.25, -0.2) is 4.98 Å². The maximum atomic E-state index is 13.4. The van der Waals surface area contributed by atoms with Gasteiger partial charge in [0.15, 0.2) is 6.61 Å². The summed E-state index contributed by atoms with van der Waals surface area (Å²) >= 11 is 0. The van der Waals surface area contributed by atoms with E-state index in [1.165, 1.54) is 11.2 Å². The Hall–Kier alpha value is -3.93. The van der Waals surface area contributed by atoms with Crippen molar-refractivity contribution in [2.45, 2.75) is 33.1 Å². The number of rotatable bonds is 7. The van der Waals surface area contributed by atoms with Crippen molar-refractivity contribution in [2.75, 3.05) is 53.1 Å². The lowest BCUT2D eigenvalue weighted by Gasteiger charge is -2.32. The number of hydrogen-bond acceptors (Lipinski definition) is 8. The summed E-state index contributed by atoms with van der Waals surface area (Å²) in [5.74, 6) is -1.17. The number of methoxy groups -OCH3 is 1. The van der Waals surface area contributed by atoms with Crippen molar-refractivity contribution in [3.8, 4) is 5.75 Å². The smallest absolute Gasteiger partial charge is 0.314 e. The van der Waals surface area contributed by atoms with Gasteiger partial charge in [0.25, 0.3) is 11.8 Å². The number of esters is 1. The van der Waals surface area contributed by atoms with E-state index >= 15 is 0 Å². The van der Waals surface area contributed by atoms with Gasteiger partial charge in [-0.3, -0.25) is 19.2 Å². The molecule has 0 fully saturated rings. The number of aromatic nitrogens is 2. The van der Waals surface area contributed by atoms with E-state index < -0.39 is 23.2 Å². The number of hydrogen-bond donors (Lipinski definition) is 2. The fourth-order valence-corrected chi connectivity index (χ4v) is 4.74. The molecule has 1 atom stereocenters. The molecule has 2 heterocycles. The fourth-order valence-electron chi connectivity index (χ4n) is 4.74. The van der Waals surface area contributed by atoms with Crippen LogP contribution < -0.4 is 15.4 Å². The highest BCUT2D eigenvalue weighted by atomic mass is 16.5. The van der Waals surface area contributed by atoms with Crippen molar-refractivity contribution in [3.63, 3.8) is 0 Å². The summed E-state index contributed by atoms with van der Waals surface area (Å²) in [7, 11) is 3.29. The molecule has 40 heavy (non-hydrogen) atoms. The number of nitrogens with zero attached hydrogens (tertiary/aromatic N) is 3. The second-order valence-corrected chi connectivity index (χ2v) is 9.85. The first-order valence-corrected chi connectivity index (χ1v) is 13.4. The standard InChI is InChI=1S/C28H39N5O7/c1-5-39-27(37)28(10-7-13-38-4)15-21-8-6-9-22(14-21)40-17-24(35)29-11-12-33(16-23(34)30-18-28)26(36)25-20(2)31-19-32(25)3/h6,8-9,14,19H,5,7,10-13,15-18H2,1-4H3,(H,29,35)(H,30,34). The van der Waals surface area contributed by atoms with Crippen LogP contribution in [-0.2, 0) is 37.3 Å². The first-order chi connectivity index (χ1) is 19.2. The minimum atomic E-state index is -1.09. The van der Waals surface area contributed by atoms with Gasteiger partial charge in [-0.1, -0.05) is 12.1 Å². The van der Waals surface area contributed by atoms with Gasteiger partial charge in [-0.05, 0) is 50.8 Å². The van der Waals surface area contributed by atoms with Crippen LogP contribution in [-0.4, -0.2) is 91.3 Å². The summed E-state index contributed by atoms with van der Waals surface area (Å²) in [5.41, 5.74) is 0.562. The summed E-state index contributed by atoms with van der Waals surface area (Å²) in [6, 6.07) is 7.16. The molecule has 12 heteroatoms. The lowest BCUT2D eigenvalue weighted by molar-refractivity contribution is -0.156. The van der Waals surface area contributed by atoms with Crippen molar-refractivity contribution < 1.29 is 33.4 Å². The number of fused-ring (bicyclic) bond motifs is 2. The third-order valence-corrected chi connectivity index (χ3v) is 6.80. The molecule has 1 aliphatic rings. The summed E-state index contributed by atoms with van der Waals surface area (Å²) in [6.45, 7) is 3.75. The van der Waals surface area contributed by atoms with Gasteiger partial charge in [-0.15, -0.1) is 0 Å². The van der Waals surface area contributed by atoms with Gasteiger partial charge >= 0.3 is 5.97 Å². The number of benzene rings is 1. The van der Waals surface area contributed by atoms with E-state index in [1.54, 1.807) is 50.8 Å². The zero-order chi connectivity index (χ0) is 29.1. The van der Waals surface area contributed by atoms with Crippen LogP contribution in [0.5, 0.6) is 5.75 Å². The molecule has 0 saturated carbocycles. The van der Waals surface area contributed by atoms with Gasteiger partial charge in [0.2, 0.25) is 5.91 Å². The molecule has 12 nitrogen and oxygen atoms in total. The van der Waals surface area contributed by atoms with Crippen LogP contribution >= 0.6 is 0 Å². The molecule has 1 aromatic heterocycles. The van der Waals surface area contributed by atoms with E-state index in [1.807, 2.05) is 6.07 Å². The van der Waals surface area contributed by atoms with Gasteiger partial charge < -0.3 is 34.3 Å². The second kappa shape index (κ2) is 14.5. The van der Waals surface area contributed by atoms with Crippen LogP contribution in [0.1, 0.15) is 41.5 Å². The molecule has 0 spiro atoms. The Balaban J connectivity index is 1.95. The molecule has 218 valence electrons. The minimum absolute atomic E-state index is 0.00295. The van der Waals surface area contributed by atoms with Crippen molar-refractivity contribution in [1.82, 2.24) is 25.1 Å². The first kappa shape index (κ1) is 30.6. The SMILES string of the molecule is CCOC(=O)C1(CCCOC)CNC(=O)CN(C(=O)c2c(C)ncn2C)CCNC(=O)COc2cccc(c2)C1. The molecular formula is C28H39N5O7. The Labute approximate surface area is 234 Å². The zero-order valence-corrected chi connectivity index (χ0v) is 23.7. The first-order valence-electron chi connectivity index (χ1n) is 13.4. The third kappa shape index (κ3) is 8.04. The molecule has 1 unspecified atom stereocenters. The van der Waals surface area contributed by atoms with Crippen LogP contribution in [0.15, 0.2) is 30.6 Å². The quantitative estimate of drug-likeness (QED) is 0.380. The van der Waals surface area contributed by atoms with Gasteiger partial charge in [-0.2, -0.15) is 0 Å². The summed E-state index contributed by atoms with van der Waals surface area (Å²) in [4.78, 5) is 58.1. The van der Waals surface area contributed by atoms with E-state index in [9.17, 15) is 19.2 Å². The van der Waals surface area contributed by atoms with Crippen LogP contribution in [0.3, 0.4) is 0 Å². The van der Waals surface area contributed by atoms with E-state index in [0.29, 0.717) is 36.6 Å². The Morgan fingerprint density at radius 3 is 2.70 bits per heavy atom. The fraction of sp³-hybridized carbons (Fsp3) is 0.536. The molecule has 2 bridgehead atoms. The predicted octanol–water partition coefficient (Wildman–Crippen LogP) is 1.01. The summed E-state index contributed by atoms with van der Waals surface area (Å²) < 4.78 is 18.0. The molecule has 2 aromatic rings. The van der Waals surface area contributed by atoms with E-state index in [4.69, 9.17) is 14.2 Å². The highest BCUT2D eigenvalue weighted by Gasteiger charge is 2.40. The number of carbonyl (C=O) groups is 4. The number of ether oxygens (including phenoxy) is 3. The number of nitrogens with one attached hydrogen (secondary N) is 2. The molecule has 3 amide bonds. The molecule has 0 aliphatic carbocycles. The Bertz CT molecular complexity index is 1180. The monoisotopic (exact) mass is 557 g/mol. The predicted molar refractivity (Wildman–Crippen MR) is 146 cm³/mol. The van der Waals surface area contributed by atoms with Crippen molar-refractivity contribution in [1.29, 1.82) is 0 Å². The lowest BCUT2D eigenvalue weighted by atomic mass is 9.77. The van der Waals surface area contributed by atoms with Gasteiger partial charge in [0.05, 0.1) is 30.6 Å². The third-order valence-electron chi connectivity index (χ3n) is 6.80. The van der Waals surface area contributed by atoms with Crippen LogP contribution in [0.25, 0.3) is 0 Å². The molecular weight excluding hydrogens is 518 g/mol. The van der Waals surface area contributed by atoms with Crippen molar-refractivity contribution in [3.05, 3.63) is 47.5 Å². The minimum Gasteiger partial charge on any atom is -0.484 e. The van der Waals surface area contributed by atoms with Crippen LogP contribution in [0.2, 0.25) is 0 Å². The Morgan fingerprint density at radius 2 is 2.00 bits per heavy atom. The largest absolute Gasteiger partial charge is 0.484 e. The van der Waals surface area contributed by atoms with Gasteiger partial charge in [0, 0.05) is 40.4 Å². The second-order valence-electron chi connectivity index (χ2n) is 9.85. The maximum absolute atomic E-state index is 13.4. The van der Waals surface area contributed by atoms with Crippen LogP contribution in [0.4, 0.5) is 0 Å². The number of carbonyl (C=O) groups excluding carboxylic acids is 4. The lowest BCUT2D eigenvalue weighted by Crippen LogP contribution is -2.50. The Kier molecular flexibility index (Phi) is 11.1. The highest BCUT2D eigenvalue weighted by Crippen LogP contribution is 2.32. The van der Waals surface area contributed by atoms with Crippen LogP contribution in [0, 0.1) is 12.3 Å². The summed E-state index contributed by atoms with van der Waals surface area (Å²) in [5, 5.41) is 5.61. The maximum Gasteiger partial charge on any atom is 0.314 e. The number of imidazole rings is 1. The van der Waals surface area contributed by atoms with Gasteiger partial charge in [0.1, 0.15) is 11.4 Å². The number of aryl methyl sites for hydroxylation is 2. The summed E-state index contributed by atoms with van der Waals surface area (Å²) in [6.07, 6.45) is 2.74. The molecule has 1 aromatic carbocycles. The average molecular weight is 558 g/mol. The van der Waals surface area contributed by atoms with Crippen molar-refractivity contribution in [2.24, 2.45) is 12.5 Å². The van der Waals surface area contributed by atoms with E-state index in [-0.39, 0.29) is 51.7 Å². The van der Waals surface area contributed by atoms with Crippen molar-refractivity contribution >= 4 is 23.7 Å². The Morgan fingerprint density at radius 1 is 1.20 bits per heavy atom. The highest BCUT2D eigenvalue weighted by molar-refractivity contribution is 5.96. The molecule has 0 radical (unpaired) electrons. The molecule has 2 N–H and O–H groups in total. The molecule has 1 aliphatic heterocycles. The van der Waals surface area contributed by atoms with E-state index in [0.717, 1.165) is 5.56 Å². The average Bonchev–Trinajstić information content (AvgIpc) is 3.27.